The predicted molar refractivity (Wildman–Crippen MR) is 62.3 cm³/mol. The van der Waals surface area contributed by atoms with Gasteiger partial charge >= 0.3 is 0 Å². The maximum absolute atomic E-state index is 5.63. The second-order valence-electron chi connectivity index (χ2n) is 3.48. The van der Waals surface area contributed by atoms with Gasteiger partial charge in [-0.15, -0.1) is 0 Å². The zero-order valence-electron chi connectivity index (χ0n) is 9.36. The Kier molecular flexibility index (Phi) is 2.81. The van der Waals surface area contributed by atoms with Crippen molar-refractivity contribution >= 4 is 5.82 Å². The quantitative estimate of drug-likeness (QED) is 0.860. The molecule has 0 unspecified atom stereocenters. The summed E-state index contributed by atoms with van der Waals surface area (Å²) in [7, 11) is 0. The van der Waals surface area contributed by atoms with Crippen molar-refractivity contribution in [3.8, 4) is 17.1 Å². The first-order valence-electron chi connectivity index (χ1n) is 5.17. The summed E-state index contributed by atoms with van der Waals surface area (Å²) in [5.41, 5.74) is 7.44. The van der Waals surface area contributed by atoms with Gasteiger partial charge in [-0.1, -0.05) is 5.16 Å². The van der Waals surface area contributed by atoms with Crippen molar-refractivity contribution in [2.24, 2.45) is 0 Å². The minimum atomic E-state index is 0.434. The molecule has 0 atom stereocenters. The van der Waals surface area contributed by atoms with E-state index in [1.165, 1.54) is 0 Å². The van der Waals surface area contributed by atoms with Gasteiger partial charge in [-0.25, -0.2) is 0 Å². The van der Waals surface area contributed by atoms with Gasteiger partial charge in [0.05, 0.1) is 6.61 Å². The van der Waals surface area contributed by atoms with Crippen molar-refractivity contribution < 1.29 is 9.26 Å². The second kappa shape index (κ2) is 4.26. The van der Waals surface area contributed by atoms with Crippen LogP contribution in [0.1, 0.15) is 12.5 Å². The molecule has 16 heavy (non-hydrogen) atoms. The maximum Gasteiger partial charge on any atom is 0.171 e. The van der Waals surface area contributed by atoms with Gasteiger partial charge in [0.1, 0.15) is 5.75 Å². The molecule has 0 aliphatic heterocycles. The van der Waals surface area contributed by atoms with Crippen LogP contribution in [0, 0.1) is 6.92 Å². The summed E-state index contributed by atoms with van der Waals surface area (Å²) >= 11 is 0. The number of hydrogen-bond acceptors (Lipinski definition) is 4. The average molecular weight is 218 g/mol. The fraction of sp³-hybridized carbons (Fsp3) is 0.250. The topological polar surface area (TPSA) is 61.3 Å². The highest BCUT2D eigenvalue weighted by molar-refractivity contribution is 5.65. The third-order valence-corrected chi connectivity index (χ3v) is 2.39. The summed E-state index contributed by atoms with van der Waals surface area (Å²) in [6.07, 6.45) is 0. The summed E-state index contributed by atoms with van der Waals surface area (Å²) in [6, 6.07) is 7.66. The number of hydrogen-bond donors (Lipinski definition) is 1. The molecular formula is C12H14N2O2. The van der Waals surface area contributed by atoms with Gasteiger partial charge in [0.15, 0.2) is 11.6 Å². The molecule has 0 bridgehead atoms. The number of rotatable bonds is 3. The summed E-state index contributed by atoms with van der Waals surface area (Å²) in [4.78, 5) is 0. The second-order valence-corrected chi connectivity index (χ2v) is 3.48. The monoisotopic (exact) mass is 218 g/mol. The minimum absolute atomic E-state index is 0.434. The van der Waals surface area contributed by atoms with E-state index in [0.29, 0.717) is 18.2 Å². The number of nitrogen functional groups attached to an aromatic ring is 1. The standard InChI is InChI=1S/C12H14N2O2/c1-3-15-10-6-4-9(5-7-10)11-8(2)12(13)14-16-11/h4-7H,3H2,1-2H3,(H2,13,14). The molecule has 1 aromatic carbocycles. The lowest BCUT2D eigenvalue weighted by Gasteiger charge is -2.03. The van der Waals surface area contributed by atoms with Crippen molar-refractivity contribution in [1.29, 1.82) is 0 Å². The van der Waals surface area contributed by atoms with E-state index in [9.17, 15) is 0 Å². The molecule has 0 fully saturated rings. The van der Waals surface area contributed by atoms with Crippen LogP contribution in [0.5, 0.6) is 5.75 Å². The van der Waals surface area contributed by atoms with Crippen LogP contribution < -0.4 is 10.5 Å². The molecule has 4 nitrogen and oxygen atoms in total. The van der Waals surface area contributed by atoms with E-state index in [0.717, 1.165) is 16.9 Å². The van der Waals surface area contributed by atoms with Crippen LogP contribution in [0.4, 0.5) is 5.82 Å². The van der Waals surface area contributed by atoms with Crippen LogP contribution in [-0.4, -0.2) is 11.8 Å². The van der Waals surface area contributed by atoms with Crippen molar-refractivity contribution in [3.05, 3.63) is 29.8 Å². The van der Waals surface area contributed by atoms with Crippen LogP contribution in [0.15, 0.2) is 28.8 Å². The molecule has 0 saturated heterocycles. The Balaban J connectivity index is 2.31. The van der Waals surface area contributed by atoms with Gasteiger partial charge < -0.3 is 15.0 Å². The molecule has 0 radical (unpaired) electrons. The lowest BCUT2D eigenvalue weighted by molar-refractivity contribution is 0.340. The number of nitrogens with zero attached hydrogens (tertiary/aromatic N) is 1. The Labute approximate surface area is 94.0 Å². The van der Waals surface area contributed by atoms with Crippen LogP contribution in [-0.2, 0) is 0 Å². The summed E-state index contributed by atoms with van der Waals surface area (Å²) in [5.74, 6) is 1.99. The first kappa shape index (κ1) is 10.5. The highest BCUT2D eigenvalue weighted by atomic mass is 16.5. The molecule has 2 rings (SSSR count). The summed E-state index contributed by atoms with van der Waals surface area (Å²) < 4.78 is 10.5. The molecule has 1 aromatic heterocycles. The van der Waals surface area contributed by atoms with Gasteiger partial charge in [0.25, 0.3) is 0 Å². The van der Waals surface area contributed by atoms with Gasteiger partial charge in [0, 0.05) is 11.1 Å². The third-order valence-electron chi connectivity index (χ3n) is 2.39. The SMILES string of the molecule is CCOc1ccc(-c2onc(N)c2C)cc1. The largest absolute Gasteiger partial charge is 0.494 e. The van der Waals surface area contributed by atoms with Gasteiger partial charge in [0.2, 0.25) is 0 Å². The Hall–Kier alpha value is -1.97. The fourth-order valence-corrected chi connectivity index (χ4v) is 1.49. The van der Waals surface area contributed by atoms with E-state index in [1.807, 2.05) is 38.1 Å². The molecule has 0 saturated carbocycles. The lowest BCUT2D eigenvalue weighted by Crippen LogP contribution is -1.90. The van der Waals surface area contributed by atoms with Crippen LogP contribution >= 0.6 is 0 Å². The molecule has 84 valence electrons. The van der Waals surface area contributed by atoms with Crippen molar-refractivity contribution in [2.45, 2.75) is 13.8 Å². The van der Waals surface area contributed by atoms with E-state index >= 15 is 0 Å². The molecular weight excluding hydrogens is 204 g/mol. The van der Waals surface area contributed by atoms with Crippen molar-refractivity contribution in [3.63, 3.8) is 0 Å². The van der Waals surface area contributed by atoms with Crippen LogP contribution in [0.25, 0.3) is 11.3 Å². The van der Waals surface area contributed by atoms with Crippen molar-refractivity contribution in [2.75, 3.05) is 12.3 Å². The highest BCUT2D eigenvalue weighted by Gasteiger charge is 2.11. The van der Waals surface area contributed by atoms with Crippen molar-refractivity contribution in [1.82, 2.24) is 5.16 Å². The number of anilines is 1. The van der Waals surface area contributed by atoms with E-state index in [-0.39, 0.29) is 0 Å². The average Bonchev–Trinajstić information content (AvgIpc) is 2.62. The van der Waals surface area contributed by atoms with Gasteiger partial charge in [-0.2, -0.15) is 0 Å². The molecule has 0 aliphatic carbocycles. The highest BCUT2D eigenvalue weighted by Crippen LogP contribution is 2.28. The maximum atomic E-state index is 5.63. The fourth-order valence-electron chi connectivity index (χ4n) is 1.49. The number of nitrogens with two attached hydrogens (primary N) is 1. The minimum Gasteiger partial charge on any atom is -0.494 e. The Bertz CT molecular complexity index is 474. The van der Waals surface area contributed by atoms with E-state index in [1.54, 1.807) is 0 Å². The van der Waals surface area contributed by atoms with Gasteiger partial charge in [-0.3, -0.25) is 0 Å². The summed E-state index contributed by atoms with van der Waals surface area (Å²) in [6.45, 7) is 4.50. The molecule has 4 heteroatoms. The Morgan fingerprint density at radius 3 is 2.50 bits per heavy atom. The van der Waals surface area contributed by atoms with Crippen LogP contribution in [0.3, 0.4) is 0 Å². The number of aromatic nitrogens is 1. The van der Waals surface area contributed by atoms with Crippen LogP contribution in [0.2, 0.25) is 0 Å². The van der Waals surface area contributed by atoms with Gasteiger partial charge in [-0.05, 0) is 38.1 Å². The lowest BCUT2D eigenvalue weighted by atomic mass is 10.1. The molecule has 2 N–H and O–H groups in total. The zero-order valence-corrected chi connectivity index (χ0v) is 9.36. The third kappa shape index (κ3) is 1.86. The molecule has 2 aromatic rings. The number of ether oxygens (including phenoxy) is 1. The van der Waals surface area contributed by atoms with E-state index in [2.05, 4.69) is 5.16 Å². The first-order valence-corrected chi connectivity index (χ1v) is 5.17. The zero-order chi connectivity index (χ0) is 11.5. The number of benzene rings is 1. The van der Waals surface area contributed by atoms with E-state index in [4.69, 9.17) is 15.0 Å². The molecule has 0 aliphatic rings. The molecule has 1 heterocycles. The predicted octanol–water partition coefficient (Wildman–Crippen LogP) is 2.63. The normalized spacial score (nSPS) is 10.4. The van der Waals surface area contributed by atoms with E-state index < -0.39 is 0 Å². The summed E-state index contributed by atoms with van der Waals surface area (Å²) in [5, 5.41) is 3.72. The first-order chi connectivity index (χ1) is 7.72. The smallest absolute Gasteiger partial charge is 0.171 e. The Morgan fingerprint density at radius 2 is 2.00 bits per heavy atom. The molecule has 0 spiro atoms. The molecule has 0 amide bonds. The Morgan fingerprint density at radius 1 is 1.31 bits per heavy atom.